The van der Waals surface area contributed by atoms with Crippen molar-refractivity contribution in [1.82, 2.24) is 5.43 Å². The molecule has 0 heterocycles. The number of nitrogens with two attached hydrogens (primary N) is 1. The summed E-state index contributed by atoms with van der Waals surface area (Å²) in [5.41, 5.74) is 4.24. The van der Waals surface area contributed by atoms with Crippen molar-refractivity contribution in [2.24, 2.45) is 11.8 Å². The molecule has 0 amide bonds. The molecule has 1 aliphatic carbocycles. The molecule has 2 rings (SSSR count). The highest BCUT2D eigenvalue weighted by Crippen LogP contribution is 2.32. The van der Waals surface area contributed by atoms with E-state index in [1.54, 1.807) is 0 Å². The van der Waals surface area contributed by atoms with E-state index in [0.717, 1.165) is 16.8 Å². The maximum absolute atomic E-state index is 5.66. The van der Waals surface area contributed by atoms with Crippen molar-refractivity contribution in [3.05, 3.63) is 34.3 Å². The van der Waals surface area contributed by atoms with Gasteiger partial charge in [0, 0.05) is 10.5 Å². The summed E-state index contributed by atoms with van der Waals surface area (Å²) in [6.07, 6.45) is 6.69. The van der Waals surface area contributed by atoms with E-state index >= 15 is 0 Å². The Hall–Kier alpha value is -0.380. The van der Waals surface area contributed by atoms with Gasteiger partial charge < -0.3 is 0 Å². The Morgan fingerprint density at radius 3 is 2.44 bits per heavy atom. The topological polar surface area (TPSA) is 38.0 Å². The molecule has 3 N–H and O–H groups in total. The predicted octanol–water partition coefficient (Wildman–Crippen LogP) is 3.53. The van der Waals surface area contributed by atoms with Crippen molar-refractivity contribution in [3.63, 3.8) is 0 Å². The van der Waals surface area contributed by atoms with Gasteiger partial charge in [-0.3, -0.25) is 11.3 Å². The summed E-state index contributed by atoms with van der Waals surface area (Å²) in [5, 5.41) is 0. The molecule has 1 saturated carbocycles. The first-order valence-corrected chi connectivity index (χ1v) is 6.80. The van der Waals surface area contributed by atoms with Crippen molar-refractivity contribution >= 4 is 15.9 Å². The molecule has 1 fully saturated rings. The number of hydrogen-bond acceptors (Lipinski definition) is 2. The van der Waals surface area contributed by atoms with E-state index < -0.39 is 0 Å². The molecule has 1 aliphatic rings. The van der Waals surface area contributed by atoms with E-state index in [1.807, 2.05) is 0 Å². The molecule has 0 saturated heterocycles. The van der Waals surface area contributed by atoms with Gasteiger partial charge in [-0.1, -0.05) is 53.7 Å². The third-order valence-electron chi connectivity index (χ3n) is 3.52. The van der Waals surface area contributed by atoms with Crippen LogP contribution in [0.4, 0.5) is 0 Å². The fourth-order valence-corrected chi connectivity index (χ4v) is 2.84. The van der Waals surface area contributed by atoms with Gasteiger partial charge in [0.25, 0.3) is 0 Å². The van der Waals surface area contributed by atoms with Crippen LogP contribution in [0, 0.1) is 5.92 Å². The van der Waals surface area contributed by atoms with Gasteiger partial charge in [0.15, 0.2) is 0 Å². The van der Waals surface area contributed by atoms with Gasteiger partial charge >= 0.3 is 0 Å². The lowest BCUT2D eigenvalue weighted by atomic mass is 9.94. The van der Waals surface area contributed by atoms with Crippen LogP contribution in [0.15, 0.2) is 28.7 Å². The number of rotatable bonds is 4. The van der Waals surface area contributed by atoms with Crippen LogP contribution in [0.3, 0.4) is 0 Å². The minimum absolute atomic E-state index is 0.302. The molecule has 0 bridgehead atoms. The lowest BCUT2D eigenvalue weighted by Gasteiger charge is -2.20. The van der Waals surface area contributed by atoms with Crippen molar-refractivity contribution in [1.29, 1.82) is 0 Å². The first-order chi connectivity index (χ1) is 7.79. The van der Waals surface area contributed by atoms with Crippen molar-refractivity contribution in [2.75, 3.05) is 0 Å². The Kier molecular flexibility index (Phi) is 4.38. The zero-order valence-electron chi connectivity index (χ0n) is 9.45. The molecule has 1 aromatic carbocycles. The van der Waals surface area contributed by atoms with Crippen LogP contribution in [-0.4, -0.2) is 0 Å². The van der Waals surface area contributed by atoms with Gasteiger partial charge in [-0.25, -0.2) is 0 Å². The zero-order chi connectivity index (χ0) is 11.4. The van der Waals surface area contributed by atoms with Gasteiger partial charge in [-0.15, -0.1) is 0 Å². The number of hydrogen-bond donors (Lipinski definition) is 2. The third-order valence-corrected chi connectivity index (χ3v) is 4.05. The monoisotopic (exact) mass is 282 g/mol. The fraction of sp³-hybridized carbons (Fsp3) is 0.538. The fourth-order valence-electron chi connectivity index (χ4n) is 2.57. The van der Waals surface area contributed by atoms with Crippen LogP contribution in [0.2, 0.25) is 0 Å². The van der Waals surface area contributed by atoms with Crippen LogP contribution >= 0.6 is 15.9 Å². The molecule has 0 aliphatic heterocycles. The predicted molar refractivity (Wildman–Crippen MR) is 70.8 cm³/mol. The van der Waals surface area contributed by atoms with Crippen molar-refractivity contribution < 1.29 is 0 Å². The molecule has 1 unspecified atom stereocenters. The first-order valence-electron chi connectivity index (χ1n) is 6.01. The van der Waals surface area contributed by atoms with E-state index in [1.165, 1.54) is 31.2 Å². The average Bonchev–Trinajstić information content (AvgIpc) is 2.80. The van der Waals surface area contributed by atoms with Gasteiger partial charge in [-0.05, 0) is 30.0 Å². The average molecular weight is 283 g/mol. The Bertz CT molecular complexity index is 317. The molecule has 88 valence electrons. The third kappa shape index (κ3) is 3.06. The van der Waals surface area contributed by atoms with E-state index in [0.29, 0.717) is 6.04 Å². The summed E-state index contributed by atoms with van der Waals surface area (Å²) >= 11 is 3.45. The van der Waals surface area contributed by atoms with E-state index in [4.69, 9.17) is 5.84 Å². The molecule has 0 spiro atoms. The minimum atomic E-state index is 0.302. The van der Waals surface area contributed by atoms with Crippen LogP contribution in [-0.2, 0) is 0 Å². The summed E-state index contributed by atoms with van der Waals surface area (Å²) in [6.45, 7) is 0. The Morgan fingerprint density at radius 1 is 1.25 bits per heavy atom. The quantitative estimate of drug-likeness (QED) is 0.655. The highest BCUT2D eigenvalue weighted by molar-refractivity contribution is 9.10. The highest BCUT2D eigenvalue weighted by Gasteiger charge is 2.20. The first kappa shape index (κ1) is 12.1. The number of hydrazine groups is 1. The van der Waals surface area contributed by atoms with Crippen molar-refractivity contribution in [2.45, 2.75) is 38.1 Å². The molecular formula is C13H19BrN2. The summed E-state index contributed by atoms with van der Waals surface area (Å²) in [7, 11) is 0. The number of benzene rings is 1. The number of halogens is 1. The van der Waals surface area contributed by atoms with Crippen LogP contribution in [0.25, 0.3) is 0 Å². The van der Waals surface area contributed by atoms with Crippen LogP contribution in [0.1, 0.15) is 43.7 Å². The summed E-state index contributed by atoms with van der Waals surface area (Å²) < 4.78 is 1.12. The Morgan fingerprint density at radius 2 is 1.88 bits per heavy atom. The normalized spacial score (nSPS) is 18.9. The van der Waals surface area contributed by atoms with Gasteiger partial charge in [0.2, 0.25) is 0 Å². The van der Waals surface area contributed by atoms with Crippen LogP contribution < -0.4 is 11.3 Å². The molecule has 1 atom stereocenters. The highest BCUT2D eigenvalue weighted by atomic mass is 79.9. The standard InChI is InChI=1S/C13H19BrN2/c14-12-7-5-11(6-8-12)13(16-15)9-10-3-1-2-4-10/h5-8,10,13,16H,1-4,9,15H2. The smallest absolute Gasteiger partial charge is 0.0462 e. The van der Waals surface area contributed by atoms with E-state index in [-0.39, 0.29) is 0 Å². The van der Waals surface area contributed by atoms with Gasteiger partial charge in [-0.2, -0.15) is 0 Å². The van der Waals surface area contributed by atoms with Gasteiger partial charge in [0.05, 0.1) is 0 Å². The summed E-state index contributed by atoms with van der Waals surface area (Å²) in [6, 6.07) is 8.74. The summed E-state index contributed by atoms with van der Waals surface area (Å²) in [4.78, 5) is 0. The maximum Gasteiger partial charge on any atom is 0.0462 e. The maximum atomic E-state index is 5.66. The van der Waals surface area contributed by atoms with E-state index in [2.05, 4.69) is 45.6 Å². The molecule has 16 heavy (non-hydrogen) atoms. The second-order valence-electron chi connectivity index (χ2n) is 4.66. The zero-order valence-corrected chi connectivity index (χ0v) is 11.0. The Labute approximate surface area is 106 Å². The largest absolute Gasteiger partial charge is 0.271 e. The lowest BCUT2D eigenvalue weighted by Crippen LogP contribution is -2.29. The van der Waals surface area contributed by atoms with Crippen molar-refractivity contribution in [3.8, 4) is 0 Å². The molecule has 3 heteroatoms. The second kappa shape index (κ2) is 5.80. The molecule has 0 aromatic heterocycles. The molecule has 2 nitrogen and oxygen atoms in total. The molecule has 0 radical (unpaired) electrons. The van der Waals surface area contributed by atoms with Gasteiger partial charge in [0.1, 0.15) is 0 Å². The van der Waals surface area contributed by atoms with E-state index in [9.17, 15) is 0 Å². The molecule has 1 aromatic rings. The minimum Gasteiger partial charge on any atom is -0.271 e. The molecular weight excluding hydrogens is 264 g/mol. The SMILES string of the molecule is NNC(CC1CCCC1)c1ccc(Br)cc1. The Balaban J connectivity index is 2.00. The summed E-state index contributed by atoms with van der Waals surface area (Å²) in [5.74, 6) is 6.51. The van der Waals surface area contributed by atoms with Crippen LogP contribution in [0.5, 0.6) is 0 Å². The number of nitrogens with one attached hydrogen (secondary N) is 1. The lowest BCUT2D eigenvalue weighted by molar-refractivity contribution is 0.400. The second-order valence-corrected chi connectivity index (χ2v) is 5.57.